The number of hydrogen-bond donors (Lipinski definition) is 0. The number of carbonyl (C=O) groups is 1. The van der Waals surface area contributed by atoms with E-state index in [1.165, 1.54) is 0 Å². The fraction of sp³-hybridized carbons (Fsp3) is 0.0526. The molecule has 0 atom stereocenters. The van der Waals surface area contributed by atoms with Gasteiger partial charge < -0.3 is 4.52 Å². The lowest BCUT2D eigenvalue weighted by molar-refractivity contribution is 0.101. The van der Waals surface area contributed by atoms with Crippen LogP contribution in [0.5, 0.6) is 0 Å². The van der Waals surface area contributed by atoms with Crippen LogP contribution in [0.25, 0.3) is 33.0 Å². The second-order valence-electron chi connectivity index (χ2n) is 5.33. The van der Waals surface area contributed by atoms with Crippen molar-refractivity contribution < 1.29 is 9.32 Å². The Morgan fingerprint density at radius 2 is 1.77 bits per heavy atom. The minimum absolute atomic E-state index is 0.0342. The molecule has 0 saturated heterocycles. The summed E-state index contributed by atoms with van der Waals surface area (Å²) in [6.45, 7) is 1.56. The third-order valence-electron chi connectivity index (χ3n) is 3.92. The van der Waals surface area contributed by atoms with Crippen molar-refractivity contribution in [2.24, 2.45) is 0 Å². The number of rotatable bonds is 2. The molecule has 0 saturated carbocycles. The van der Waals surface area contributed by atoms with E-state index in [1.54, 1.807) is 13.0 Å². The predicted molar refractivity (Wildman–Crippen MR) is 87.0 cm³/mol. The highest BCUT2D eigenvalue weighted by molar-refractivity contribution is 6.05. The Labute approximate surface area is 127 Å². The number of hydrogen-bond acceptors (Lipinski definition) is 3. The molecular formula is C19H13NO2. The summed E-state index contributed by atoms with van der Waals surface area (Å²) in [5.41, 5.74) is 2.41. The van der Waals surface area contributed by atoms with Crippen LogP contribution in [0.2, 0.25) is 0 Å². The van der Waals surface area contributed by atoms with E-state index in [1.807, 2.05) is 36.4 Å². The fourth-order valence-corrected chi connectivity index (χ4v) is 2.78. The normalized spacial score (nSPS) is 11.1. The minimum Gasteiger partial charge on any atom is -0.355 e. The van der Waals surface area contributed by atoms with Gasteiger partial charge in [0.25, 0.3) is 0 Å². The quantitative estimate of drug-likeness (QED) is 0.495. The van der Waals surface area contributed by atoms with E-state index in [2.05, 4.69) is 23.4 Å². The average Bonchev–Trinajstić information content (AvgIpc) is 2.97. The van der Waals surface area contributed by atoms with Gasteiger partial charge in [-0.25, -0.2) is 0 Å². The predicted octanol–water partition coefficient (Wildman–Crippen LogP) is 4.85. The van der Waals surface area contributed by atoms with Gasteiger partial charge in [0.1, 0.15) is 5.52 Å². The summed E-state index contributed by atoms with van der Waals surface area (Å²) in [7, 11) is 0. The Bertz CT molecular complexity index is 1010. The van der Waals surface area contributed by atoms with Crippen molar-refractivity contribution in [3.05, 3.63) is 66.2 Å². The van der Waals surface area contributed by atoms with Gasteiger partial charge in [-0.2, -0.15) is 0 Å². The SMILES string of the molecule is CC(=O)c1ccc2noc(-c3cccc4ccccc34)c2c1. The highest BCUT2D eigenvalue weighted by atomic mass is 16.5. The Hall–Kier alpha value is -2.94. The third-order valence-corrected chi connectivity index (χ3v) is 3.92. The average molecular weight is 287 g/mol. The Kier molecular flexibility index (Phi) is 2.79. The molecule has 0 spiro atoms. The van der Waals surface area contributed by atoms with Gasteiger partial charge in [-0.15, -0.1) is 0 Å². The minimum atomic E-state index is 0.0342. The van der Waals surface area contributed by atoms with Gasteiger partial charge in [0.05, 0.1) is 5.39 Å². The molecule has 0 radical (unpaired) electrons. The van der Waals surface area contributed by atoms with Crippen LogP contribution in [0.15, 0.2) is 65.2 Å². The van der Waals surface area contributed by atoms with Gasteiger partial charge in [-0.05, 0) is 35.9 Å². The van der Waals surface area contributed by atoms with Gasteiger partial charge in [0, 0.05) is 11.1 Å². The lowest BCUT2D eigenvalue weighted by Crippen LogP contribution is -1.90. The molecular weight excluding hydrogens is 274 g/mol. The van der Waals surface area contributed by atoms with Crippen molar-refractivity contribution in [1.82, 2.24) is 5.16 Å². The Morgan fingerprint density at radius 1 is 0.955 bits per heavy atom. The molecule has 1 aromatic heterocycles. The Balaban J connectivity index is 2.04. The van der Waals surface area contributed by atoms with Crippen molar-refractivity contribution in [1.29, 1.82) is 0 Å². The maximum absolute atomic E-state index is 11.6. The summed E-state index contributed by atoms with van der Waals surface area (Å²) < 4.78 is 5.58. The van der Waals surface area contributed by atoms with Crippen LogP contribution in [0.3, 0.4) is 0 Å². The monoisotopic (exact) mass is 287 g/mol. The second-order valence-corrected chi connectivity index (χ2v) is 5.33. The molecule has 3 nitrogen and oxygen atoms in total. The van der Waals surface area contributed by atoms with Crippen molar-refractivity contribution in [3.63, 3.8) is 0 Å². The molecule has 0 N–H and O–H groups in total. The summed E-state index contributed by atoms with van der Waals surface area (Å²) >= 11 is 0. The molecule has 0 amide bonds. The van der Waals surface area contributed by atoms with Crippen LogP contribution in [0.1, 0.15) is 17.3 Å². The smallest absolute Gasteiger partial charge is 0.175 e. The second kappa shape index (κ2) is 4.81. The lowest BCUT2D eigenvalue weighted by Gasteiger charge is -2.04. The zero-order chi connectivity index (χ0) is 15.1. The van der Waals surface area contributed by atoms with Gasteiger partial charge in [-0.3, -0.25) is 4.79 Å². The lowest BCUT2D eigenvalue weighted by atomic mass is 9.99. The summed E-state index contributed by atoms with van der Waals surface area (Å²) in [6, 6.07) is 19.7. The molecule has 3 heteroatoms. The number of benzene rings is 3. The molecule has 4 aromatic rings. The molecule has 0 fully saturated rings. The van der Waals surface area contributed by atoms with Crippen LogP contribution in [-0.4, -0.2) is 10.9 Å². The molecule has 106 valence electrons. The van der Waals surface area contributed by atoms with Crippen LogP contribution >= 0.6 is 0 Å². The van der Waals surface area contributed by atoms with Gasteiger partial charge in [0.15, 0.2) is 11.5 Å². The topological polar surface area (TPSA) is 43.1 Å². The van der Waals surface area contributed by atoms with Crippen molar-refractivity contribution in [2.75, 3.05) is 0 Å². The molecule has 0 aliphatic rings. The molecule has 0 bridgehead atoms. The maximum Gasteiger partial charge on any atom is 0.175 e. The van der Waals surface area contributed by atoms with Crippen molar-refractivity contribution in [3.8, 4) is 11.3 Å². The van der Waals surface area contributed by atoms with Gasteiger partial charge >= 0.3 is 0 Å². The summed E-state index contributed by atoms with van der Waals surface area (Å²) in [5.74, 6) is 0.738. The first kappa shape index (κ1) is 12.8. The standard InChI is InChI=1S/C19H13NO2/c1-12(21)14-9-10-18-17(11-14)19(22-20-18)16-8-4-6-13-5-2-3-7-15(13)16/h2-11H,1H3. The first-order valence-corrected chi connectivity index (χ1v) is 7.12. The van der Waals surface area contributed by atoms with E-state index < -0.39 is 0 Å². The van der Waals surface area contributed by atoms with Crippen molar-refractivity contribution >= 4 is 27.5 Å². The molecule has 1 heterocycles. The third kappa shape index (κ3) is 1.91. The van der Waals surface area contributed by atoms with Crippen molar-refractivity contribution in [2.45, 2.75) is 6.92 Å². The van der Waals surface area contributed by atoms with E-state index >= 15 is 0 Å². The fourth-order valence-electron chi connectivity index (χ4n) is 2.78. The first-order chi connectivity index (χ1) is 10.7. The maximum atomic E-state index is 11.6. The zero-order valence-corrected chi connectivity index (χ0v) is 12.0. The first-order valence-electron chi connectivity index (χ1n) is 7.12. The molecule has 0 unspecified atom stereocenters. The number of ketones is 1. The van der Waals surface area contributed by atoms with Gasteiger partial charge in [-0.1, -0.05) is 47.6 Å². The number of aromatic nitrogens is 1. The molecule has 22 heavy (non-hydrogen) atoms. The zero-order valence-electron chi connectivity index (χ0n) is 12.0. The molecule has 0 aliphatic carbocycles. The van der Waals surface area contributed by atoms with E-state index in [0.717, 1.165) is 27.2 Å². The van der Waals surface area contributed by atoms with Crippen LogP contribution in [0.4, 0.5) is 0 Å². The van der Waals surface area contributed by atoms with E-state index in [4.69, 9.17) is 4.52 Å². The summed E-state index contributed by atoms with van der Waals surface area (Å²) in [4.78, 5) is 11.6. The molecule has 0 aliphatic heterocycles. The molecule has 3 aromatic carbocycles. The largest absolute Gasteiger partial charge is 0.355 e. The van der Waals surface area contributed by atoms with Crippen LogP contribution in [0, 0.1) is 0 Å². The molecule has 4 rings (SSSR count). The highest BCUT2D eigenvalue weighted by Gasteiger charge is 2.14. The van der Waals surface area contributed by atoms with E-state index in [9.17, 15) is 4.79 Å². The number of fused-ring (bicyclic) bond motifs is 2. The highest BCUT2D eigenvalue weighted by Crippen LogP contribution is 2.34. The Morgan fingerprint density at radius 3 is 2.64 bits per heavy atom. The van der Waals surface area contributed by atoms with E-state index in [-0.39, 0.29) is 5.78 Å². The number of nitrogens with zero attached hydrogens (tertiary/aromatic N) is 1. The summed E-state index contributed by atoms with van der Waals surface area (Å²) in [5, 5.41) is 7.23. The number of Topliss-reactive ketones (excluding diaryl/α,β-unsaturated/α-hetero) is 1. The van der Waals surface area contributed by atoms with Gasteiger partial charge in [0.2, 0.25) is 0 Å². The number of carbonyl (C=O) groups excluding carboxylic acids is 1. The van der Waals surface area contributed by atoms with Crippen LogP contribution < -0.4 is 0 Å². The van der Waals surface area contributed by atoms with Crippen LogP contribution in [-0.2, 0) is 0 Å². The summed E-state index contributed by atoms with van der Waals surface area (Å²) in [6.07, 6.45) is 0. The van der Waals surface area contributed by atoms with E-state index in [0.29, 0.717) is 11.3 Å².